The van der Waals surface area contributed by atoms with Gasteiger partial charge in [0.1, 0.15) is 0 Å². The first-order valence-electron chi connectivity index (χ1n) is 12.6. The van der Waals surface area contributed by atoms with E-state index in [1.807, 2.05) is 19.9 Å². The number of aromatic nitrogens is 5. The zero-order valence-corrected chi connectivity index (χ0v) is 22.2. The third-order valence-corrected chi connectivity index (χ3v) is 6.49. The van der Waals surface area contributed by atoms with Crippen molar-refractivity contribution in [2.24, 2.45) is 0 Å². The Kier molecular flexibility index (Phi) is 7.22. The average molecular weight is 560 g/mol. The Balaban J connectivity index is 1.51. The van der Waals surface area contributed by atoms with Gasteiger partial charge in [-0.25, -0.2) is 9.78 Å². The van der Waals surface area contributed by atoms with Gasteiger partial charge in [-0.15, -0.1) is 0 Å². The lowest BCUT2D eigenvalue weighted by atomic mass is 10.1. The van der Waals surface area contributed by atoms with Crippen LogP contribution >= 0.6 is 0 Å². The number of pyridine rings is 1. The number of amides is 1. The summed E-state index contributed by atoms with van der Waals surface area (Å²) in [6, 6.07) is 12.7. The Labute approximate surface area is 232 Å². The molecular weight excluding hydrogens is 535 g/mol. The number of halogens is 3. The summed E-state index contributed by atoms with van der Waals surface area (Å²) in [4.78, 5) is 43.4. The number of carbonyl (C=O) groups is 1. The number of fused-ring (bicyclic) bond motifs is 1. The topological polar surface area (TPSA) is 115 Å². The summed E-state index contributed by atoms with van der Waals surface area (Å²) >= 11 is 0. The van der Waals surface area contributed by atoms with Crippen molar-refractivity contribution >= 4 is 34.3 Å². The van der Waals surface area contributed by atoms with E-state index in [1.54, 1.807) is 43.6 Å². The highest BCUT2D eigenvalue weighted by atomic mass is 19.4. The number of aryl methyl sites for hydroxylation is 3. The first kappa shape index (κ1) is 27.4. The van der Waals surface area contributed by atoms with Crippen LogP contribution in [0.4, 0.5) is 30.5 Å². The van der Waals surface area contributed by atoms with E-state index >= 15 is 0 Å². The molecule has 0 saturated heterocycles. The van der Waals surface area contributed by atoms with E-state index in [2.05, 4.69) is 30.6 Å². The van der Waals surface area contributed by atoms with Gasteiger partial charge in [-0.3, -0.25) is 14.3 Å². The molecule has 9 nitrogen and oxygen atoms in total. The molecule has 0 aliphatic heterocycles. The van der Waals surface area contributed by atoms with E-state index in [9.17, 15) is 22.8 Å². The number of nitrogens with zero attached hydrogens (tertiary/aromatic N) is 5. The zero-order valence-electron chi connectivity index (χ0n) is 22.2. The Morgan fingerprint density at radius 1 is 1.00 bits per heavy atom. The van der Waals surface area contributed by atoms with Gasteiger partial charge < -0.3 is 10.6 Å². The van der Waals surface area contributed by atoms with Crippen molar-refractivity contribution in [3.63, 3.8) is 0 Å². The van der Waals surface area contributed by atoms with Gasteiger partial charge in [-0.1, -0.05) is 19.1 Å². The van der Waals surface area contributed by atoms with Crippen molar-refractivity contribution < 1.29 is 18.0 Å². The Bertz CT molecular complexity index is 1850. The number of nitrogens with one attached hydrogen (secondary N) is 2. The minimum atomic E-state index is -4.58. The molecule has 0 saturated carbocycles. The minimum absolute atomic E-state index is 0.149. The first-order valence-corrected chi connectivity index (χ1v) is 12.6. The summed E-state index contributed by atoms with van der Waals surface area (Å²) in [5.41, 5.74) is 2.10. The van der Waals surface area contributed by atoms with Gasteiger partial charge in [0.25, 0.3) is 5.91 Å². The molecule has 41 heavy (non-hydrogen) atoms. The lowest BCUT2D eigenvalue weighted by Crippen LogP contribution is -2.26. The van der Waals surface area contributed by atoms with Crippen molar-refractivity contribution in [1.29, 1.82) is 0 Å². The van der Waals surface area contributed by atoms with Crippen LogP contribution < -0.4 is 16.3 Å². The van der Waals surface area contributed by atoms with Gasteiger partial charge in [0.05, 0.1) is 28.0 Å². The molecule has 0 unspecified atom stereocenters. The van der Waals surface area contributed by atoms with Crippen LogP contribution in [0.1, 0.15) is 39.8 Å². The van der Waals surface area contributed by atoms with Crippen molar-refractivity contribution in [3.05, 3.63) is 106 Å². The molecule has 3 aromatic heterocycles. The molecular formula is C29H24F3N7O2. The van der Waals surface area contributed by atoms with Crippen LogP contribution in [0.25, 0.3) is 16.7 Å². The summed E-state index contributed by atoms with van der Waals surface area (Å²) in [7, 11) is 0. The number of rotatable bonds is 6. The number of alkyl halides is 3. The molecule has 0 aliphatic rings. The van der Waals surface area contributed by atoms with Gasteiger partial charge in [-0.05, 0) is 68.3 Å². The van der Waals surface area contributed by atoms with Gasteiger partial charge in [-0.2, -0.15) is 23.1 Å². The van der Waals surface area contributed by atoms with Crippen LogP contribution in [-0.2, 0) is 12.6 Å². The smallest absolute Gasteiger partial charge is 0.323 e. The Morgan fingerprint density at radius 3 is 2.54 bits per heavy atom. The van der Waals surface area contributed by atoms with Gasteiger partial charge in [0.2, 0.25) is 5.95 Å². The first-order chi connectivity index (χ1) is 19.5. The second-order valence-corrected chi connectivity index (χ2v) is 9.26. The lowest BCUT2D eigenvalue weighted by Gasteiger charge is -2.17. The predicted octanol–water partition coefficient (Wildman–Crippen LogP) is 5.76. The number of anilines is 3. The normalized spacial score (nSPS) is 11.5. The second kappa shape index (κ2) is 10.8. The number of benzene rings is 2. The van der Waals surface area contributed by atoms with Crippen LogP contribution in [-0.4, -0.2) is 30.4 Å². The van der Waals surface area contributed by atoms with Gasteiger partial charge >= 0.3 is 11.9 Å². The second-order valence-electron chi connectivity index (χ2n) is 9.26. The summed E-state index contributed by atoms with van der Waals surface area (Å²) in [6.07, 6.45) is -0.876. The fourth-order valence-corrected chi connectivity index (χ4v) is 4.40. The average Bonchev–Trinajstić information content (AvgIpc) is 2.94. The summed E-state index contributed by atoms with van der Waals surface area (Å²) < 4.78 is 40.8. The van der Waals surface area contributed by atoms with Crippen LogP contribution in [0.5, 0.6) is 0 Å². The largest absolute Gasteiger partial charge is 0.416 e. The Hall–Kier alpha value is -5.13. The number of hydrogen-bond donors (Lipinski definition) is 2. The predicted molar refractivity (Wildman–Crippen MR) is 149 cm³/mol. The molecule has 12 heteroatoms. The van der Waals surface area contributed by atoms with E-state index in [0.717, 1.165) is 23.5 Å². The fraction of sp³-hybridized carbons (Fsp3) is 0.172. The van der Waals surface area contributed by atoms with E-state index in [1.165, 1.54) is 16.7 Å². The van der Waals surface area contributed by atoms with Crippen LogP contribution in [0.15, 0.2) is 71.8 Å². The minimum Gasteiger partial charge on any atom is -0.323 e. The highest BCUT2D eigenvalue weighted by Crippen LogP contribution is 2.30. The van der Waals surface area contributed by atoms with E-state index < -0.39 is 23.3 Å². The highest BCUT2D eigenvalue weighted by Gasteiger charge is 2.31. The maximum atomic E-state index is 13.3. The SMILES string of the molecule is CCc1c2cnc(Nc3cccnc3C)nc2nc(=O)n1-c1cc(NC(=O)c2cccc(C(F)(F)F)c2)ccc1C. The molecule has 2 N–H and O–H groups in total. The molecule has 2 aromatic carbocycles. The molecule has 3 heterocycles. The lowest BCUT2D eigenvalue weighted by molar-refractivity contribution is -0.137. The standard InChI is InChI=1S/C29H24F3N7O2/c1-4-23-21-15-34-27(36-22-9-6-12-33-17(22)3)37-25(21)38-28(41)39(23)24-14-20(11-10-16(24)2)35-26(40)18-7-5-8-19(13-18)29(30,31)32/h5-15H,4H2,1-3H3,(H,35,40)(H,36,37,38,41). The van der Waals surface area contributed by atoms with Crippen molar-refractivity contribution in [1.82, 2.24) is 24.5 Å². The zero-order chi connectivity index (χ0) is 29.3. The van der Waals surface area contributed by atoms with Crippen molar-refractivity contribution in [2.75, 3.05) is 10.6 Å². The maximum absolute atomic E-state index is 13.3. The molecule has 208 valence electrons. The van der Waals surface area contributed by atoms with E-state index in [0.29, 0.717) is 34.4 Å². The third kappa shape index (κ3) is 5.62. The molecule has 0 atom stereocenters. The van der Waals surface area contributed by atoms with E-state index in [-0.39, 0.29) is 17.2 Å². The summed E-state index contributed by atoms with van der Waals surface area (Å²) in [6.45, 7) is 5.52. The van der Waals surface area contributed by atoms with Gasteiger partial charge in [0, 0.05) is 29.3 Å². The quantitative estimate of drug-likeness (QED) is 0.272. The monoisotopic (exact) mass is 559 g/mol. The molecule has 5 rings (SSSR count). The highest BCUT2D eigenvalue weighted by molar-refractivity contribution is 6.04. The van der Waals surface area contributed by atoms with Crippen LogP contribution in [0.3, 0.4) is 0 Å². The number of carbonyl (C=O) groups excluding carboxylic acids is 1. The maximum Gasteiger partial charge on any atom is 0.416 e. The van der Waals surface area contributed by atoms with Crippen LogP contribution in [0.2, 0.25) is 0 Å². The molecule has 0 fully saturated rings. The van der Waals surface area contributed by atoms with Gasteiger partial charge in [0.15, 0.2) is 5.65 Å². The molecule has 0 bridgehead atoms. The van der Waals surface area contributed by atoms with Crippen molar-refractivity contribution in [2.45, 2.75) is 33.4 Å². The third-order valence-electron chi connectivity index (χ3n) is 6.49. The Morgan fingerprint density at radius 2 is 1.80 bits per heavy atom. The molecule has 0 radical (unpaired) electrons. The summed E-state index contributed by atoms with van der Waals surface area (Å²) in [5, 5.41) is 6.28. The van der Waals surface area contributed by atoms with E-state index in [4.69, 9.17) is 0 Å². The molecule has 0 aliphatic carbocycles. The van der Waals surface area contributed by atoms with Crippen molar-refractivity contribution in [3.8, 4) is 5.69 Å². The summed E-state index contributed by atoms with van der Waals surface area (Å²) in [5.74, 6) is -0.460. The molecule has 1 amide bonds. The fourth-order valence-electron chi connectivity index (χ4n) is 4.40. The molecule has 5 aromatic rings. The number of hydrogen-bond acceptors (Lipinski definition) is 7. The van der Waals surface area contributed by atoms with Crippen LogP contribution in [0, 0.1) is 13.8 Å². The molecule has 0 spiro atoms.